The van der Waals surface area contributed by atoms with Crippen LogP contribution in [0.4, 0.5) is 14.6 Å². The Bertz CT molecular complexity index is 902. The molecule has 1 aliphatic rings. The summed E-state index contributed by atoms with van der Waals surface area (Å²) in [4.78, 5) is 20.0. The fourth-order valence-corrected chi connectivity index (χ4v) is 3.46. The van der Waals surface area contributed by atoms with Crippen LogP contribution in [0.15, 0.2) is 18.2 Å². The lowest BCUT2D eigenvalue weighted by atomic mass is 9.97. The fraction of sp³-hybridized carbons (Fsp3) is 0.450. The molecule has 9 heteroatoms. The normalized spacial score (nSPS) is 15.7. The molecule has 156 valence electrons. The first kappa shape index (κ1) is 21.1. The lowest BCUT2D eigenvalue weighted by Crippen LogP contribution is -2.18. The van der Waals surface area contributed by atoms with Crippen LogP contribution in [-0.4, -0.2) is 34.3 Å². The van der Waals surface area contributed by atoms with Gasteiger partial charge in [0.2, 0.25) is 0 Å². The summed E-state index contributed by atoms with van der Waals surface area (Å²) in [5, 5.41) is 12.5. The Hall–Kier alpha value is -2.65. The average molecular weight is 407 g/mol. The van der Waals surface area contributed by atoms with Crippen LogP contribution in [0.25, 0.3) is 0 Å². The van der Waals surface area contributed by atoms with Crippen molar-refractivity contribution in [2.75, 3.05) is 18.5 Å². The van der Waals surface area contributed by atoms with Crippen LogP contribution in [0.3, 0.4) is 0 Å². The minimum atomic E-state index is -2.57. The van der Waals surface area contributed by atoms with Crippen LogP contribution < -0.4 is 5.32 Å². The second-order valence-electron chi connectivity index (χ2n) is 6.85. The molecular formula is C20H23F2N3O4. The van der Waals surface area contributed by atoms with Gasteiger partial charge in [0.1, 0.15) is 11.6 Å². The van der Waals surface area contributed by atoms with Crippen LogP contribution in [-0.2, 0) is 20.7 Å². The third kappa shape index (κ3) is 4.68. The fourth-order valence-electron chi connectivity index (χ4n) is 3.46. The largest absolute Gasteiger partial charge is 0.481 e. The number of alkyl halides is 2. The van der Waals surface area contributed by atoms with Gasteiger partial charge in [0.15, 0.2) is 6.29 Å². The summed E-state index contributed by atoms with van der Waals surface area (Å²) in [6.45, 7) is 5.88. The molecule has 0 unspecified atom stereocenters. The van der Waals surface area contributed by atoms with Gasteiger partial charge in [-0.25, -0.2) is 18.7 Å². The quantitative estimate of drug-likeness (QED) is 0.719. The van der Waals surface area contributed by atoms with Gasteiger partial charge in [-0.05, 0) is 31.9 Å². The summed E-state index contributed by atoms with van der Waals surface area (Å²) in [7, 11) is 0. The molecule has 1 atom stereocenters. The number of hydrogen-bond acceptors (Lipinski definition) is 6. The number of aryl methyl sites for hydroxylation is 1. The number of hydrogen-bond donors (Lipinski definition) is 2. The number of anilines is 1. The number of benzene rings is 1. The van der Waals surface area contributed by atoms with E-state index in [0.717, 1.165) is 0 Å². The number of aromatic nitrogens is 2. The molecule has 29 heavy (non-hydrogen) atoms. The molecular weight excluding hydrogens is 384 g/mol. The number of rotatable bonds is 7. The van der Waals surface area contributed by atoms with Crippen molar-refractivity contribution in [3.63, 3.8) is 0 Å². The standard InChI is InChI=1S/C20H23F2N3O4/c1-10-13(5-4-6-14(10)18(21)22)11(2)23-19-17(20-28-7-8-29-20)15(9-16(26)27)24-12(3)25-19/h4-6,11,18,20H,7-9H2,1-3H3,(H,26,27)(H,23,24,25)/t11-/m1/s1. The molecule has 3 rings (SSSR count). The maximum absolute atomic E-state index is 13.3. The first-order chi connectivity index (χ1) is 13.8. The molecule has 1 aromatic heterocycles. The number of carboxylic acid groups (broad SMARTS) is 1. The van der Waals surface area contributed by atoms with E-state index in [0.29, 0.717) is 47.2 Å². The Morgan fingerprint density at radius 1 is 1.24 bits per heavy atom. The summed E-state index contributed by atoms with van der Waals surface area (Å²) in [6.07, 6.45) is -3.67. The van der Waals surface area contributed by atoms with Gasteiger partial charge in [-0.3, -0.25) is 4.79 Å². The second-order valence-corrected chi connectivity index (χ2v) is 6.85. The molecule has 1 fully saturated rings. The Morgan fingerprint density at radius 3 is 2.52 bits per heavy atom. The number of nitrogens with zero attached hydrogens (tertiary/aromatic N) is 2. The van der Waals surface area contributed by atoms with Crippen LogP contribution in [0.1, 0.15) is 59.5 Å². The molecule has 1 aliphatic heterocycles. The van der Waals surface area contributed by atoms with Crippen LogP contribution in [0, 0.1) is 13.8 Å². The predicted molar refractivity (Wildman–Crippen MR) is 101 cm³/mol. The molecule has 7 nitrogen and oxygen atoms in total. The lowest BCUT2D eigenvalue weighted by Gasteiger charge is -2.23. The van der Waals surface area contributed by atoms with Crippen molar-refractivity contribution in [3.05, 3.63) is 52.0 Å². The van der Waals surface area contributed by atoms with Crippen molar-refractivity contribution < 1.29 is 28.2 Å². The maximum atomic E-state index is 13.3. The minimum absolute atomic E-state index is 0.0238. The topological polar surface area (TPSA) is 93.6 Å². The number of nitrogens with one attached hydrogen (secondary N) is 1. The second kappa shape index (κ2) is 8.79. The Labute approximate surface area is 167 Å². The molecule has 1 saturated heterocycles. The van der Waals surface area contributed by atoms with E-state index in [1.165, 1.54) is 6.07 Å². The summed E-state index contributed by atoms with van der Waals surface area (Å²) in [6, 6.07) is 4.39. The first-order valence-corrected chi connectivity index (χ1v) is 9.24. The van der Waals surface area contributed by atoms with Gasteiger partial charge >= 0.3 is 5.97 Å². The van der Waals surface area contributed by atoms with E-state index in [1.807, 2.05) is 6.92 Å². The zero-order chi connectivity index (χ0) is 21.1. The van der Waals surface area contributed by atoms with Crippen molar-refractivity contribution in [2.45, 2.75) is 45.9 Å². The van der Waals surface area contributed by atoms with Crippen molar-refractivity contribution in [2.24, 2.45) is 0 Å². The van der Waals surface area contributed by atoms with E-state index in [4.69, 9.17) is 9.47 Å². The number of carbonyl (C=O) groups is 1. The van der Waals surface area contributed by atoms with Crippen molar-refractivity contribution in [1.82, 2.24) is 9.97 Å². The lowest BCUT2D eigenvalue weighted by molar-refractivity contribution is -0.136. The highest BCUT2D eigenvalue weighted by Gasteiger charge is 2.29. The zero-order valence-corrected chi connectivity index (χ0v) is 16.4. The smallest absolute Gasteiger partial charge is 0.309 e. The summed E-state index contributed by atoms with van der Waals surface area (Å²) in [5.41, 5.74) is 1.88. The number of aliphatic carboxylic acids is 1. The average Bonchev–Trinajstić information content (AvgIpc) is 3.14. The maximum Gasteiger partial charge on any atom is 0.309 e. The summed E-state index contributed by atoms with van der Waals surface area (Å²) < 4.78 is 37.7. The third-order valence-corrected chi connectivity index (χ3v) is 4.78. The van der Waals surface area contributed by atoms with E-state index >= 15 is 0 Å². The Morgan fingerprint density at radius 2 is 1.90 bits per heavy atom. The molecule has 2 heterocycles. The van der Waals surface area contributed by atoms with Crippen LogP contribution in [0.5, 0.6) is 0 Å². The van der Waals surface area contributed by atoms with Crippen molar-refractivity contribution >= 4 is 11.8 Å². The molecule has 0 aliphatic carbocycles. The molecule has 0 spiro atoms. The van der Waals surface area contributed by atoms with Crippen LogP contribution in [0.2, 0.25) is 0 Å². The highest BCUT2D eigenvalue weighted by molar-refractivity contribution is 5.71. The highest BCUT2D eigenvalue weighted by Crippen LogP contribution is 2.34. The van der Waals surface area contributed by atoms with E-state index in [2.05, 4.69) is 15.3 Å². The van der Waals surface area contributed by atoms with E-state index < -0.39 is 18.7 Å². The van der Waals surface area contributed by atoms with Crippen LogP contribution >= 0.6 is 0 Å². The highest BCUT2D eigenvalue weighted by atomic mass is 19.3. The molecule has 0 bridgehead atoms. The van der Waals surface area contributed by atoms with Gasteiger partial charge in [0.25, 0.3) is 6.43 Å². The van der Waals surface area contributed by atoms with Gasteiger partial charge < -0.3 is 19.9 Å². The molecule has 0 radical (unpaired) electrons. The monoisotopic (exact) mass is 407 g/mol. The third-order valence-electron chi connectivity index (χ3n) is 4.78. The van der Waals surface area contributed by atoms with E-state index in [9.17, 15) is 18.7 Å². The molecule has 0 saturated carbocycles. The Kier molecular flexibility index (Phi) is 6.39. The van der Waals surface area contributed by atoms with Crippen molar-refractivity contribution in [3.8, 4) is 0 Å². The number of ether oxygens (including phenoxy) is 2. The van der Waals surface area contributed by atoms with E-state index in [1.54, 1.807) is 26.0 Å². The van der Waals surface area contributed by atoms with Gasteiger partial charge in [-0.2, -0.15) is 0 Å². The SMILES string of the molecule is Cc1nc(CC(=O)O)c(C2OCCO2)c(N[C@H](C)c2cccc(C(F)F)c2C)n1. The van der Waals surface area contributed by atoms with E-state index in [-0.39, 0.29) is 18.0 Å². The zero-order valence-electron chi connectivity index (χ0n) is 16.4. The summed E-state index contributed by atoms with van der Waals surface area (Å²) in [5.74, 6) is -0.285. The molecule has 2 aromatic rings. The first-order valence-electron chi connectivity index (χ1n) is 9.24. The van der Waals surface area contributed by atoms with Crippen molar-refractivity contribution in [1.29, 1.82) is 0 Å². The summed E-state index contributed by atoms with van der Waals surface area (Å²) >= 11 is 0. The predicted octanol–water partition coefficient (Wildman–Crippen LogP) is 3.88. The Balaban J connectivity index is 2.01. The number of carboxylic acids is 1. The molecule has 2 N–H and O–H groups in total. The van der Waals surface area contributed by atoms with Gasteiger partial charge in [-0.15, -0.1) is 0 Å². The minimum Gasteiger partial charge on any atom is -0.481 e. The van der Waals surface area contributed by atoms with Gasteiger partial charge in [0, 0.05) is 5.56 Å². The van der Waals surface area contributed by atoms with Gasteiger partial charge in [-0.1, -0.05) is 18.2 Å². The molecule has 0 amide bonds. The number of halogens is 2. The molecule has 1 aromatic carbocycles. The van der Waals surface area contributed by atoms with Gasteiger partial charge in [0.05, 0.1) is 36.9 Å².